The van der Waals surface area contributed by atoms with Crippen molar-refractivity contribution in [3.63, 3.8) is 0 Å². The maximum absolute atomic E-state index is 11.7. The molecule has 0 spiro atoms. The van der Waals surface area contributed by atoms with Gasteiger partial charge in [-0.1, -0.05) is 28.0 Å². The number of carbonyl (C=O) groups is 2. The van der Waals surface area contributed by atoms with Crippen LogP contribution in [0.4, 0.5) is 4.79 Å². The average Bonchev–Trinajstić information content (AvgIpc) is 3.22. The van der Waals surface area contributed by atoms with Gasteiger partial charge in [0.2, 0.25) is 5.91 Å². The summed E-state index contributed by atoms with van der Waals surface area (Å²) in [6.07, 6.45) is 4.51. The standard InChI is InChI=1S/C17H33N3O6S2/c18-20-17(22)26-13-12-25-11-10-24-9-8-23-7-6-19-16(21)4-2-1-3-15-5-14-27-28-15/h15H,1-14,18H2,(H,19,21)(H,20,22). The molecule has 0 aromatic rings. The van der Waals surface area contributed by atoms with Crippen LogP contribution in [0.2, 0.25) is 0 Å². The molecule has 0 aromatic carbocycles. The lowest BCUT2D eigenvalue weighted by atomic mass is 10.1. The fraction of sp³-hybridized carbons (Fsp3) is 0.882. The Hall–Kier alpha value is -0.720. The van der Waals surface area contributed by atoms with E-state index in [1.807, 2.05) is 27.0 Å². The summed E-state index contributed by atoms with van der Waals surface area (Å²) in [5.74, 6) is 6.21. The van der Waals surface area contributed by atoms with Crippen LogP contribution in [0.25, 0.3) is 0 Å². The Bertz CT molecular complexity index is 414. The summed E-state index contributed by atoms with van der Waals surface area (Å²) < 4.78 is 20.6. The van der Waals surface area contributed by atoms with E-state index in [9.17, 15) is 9.59 Å². The first-order valence-electron chi connectivity index (χ1n) is 9.64. The predicted molar refractivity (Wildman–Crippen MR) is 111 cm³/mol. The summed E-state index contributed by atoms with van der Waals surface area (Å²) in [5.41, 5.74) is 1.85. The molecule has 1 saturated heterocycles. The maximum Gasteiger partial charge on any atom is 0.421 e. The number of nitrogens with two attached hydrogens (primary N) is 1. The van der Waals surface area contributed by atoms with Crippen molar-refractivity contribution in [1.82, 2.24) is 10.7 Å². The molecule has 1 heterocycles. The van der Waals surface area contributed by atoms with E-state index in [2.05, 4.69) is 10.1 Å². The van der Waals surface area contributed by atoms with Crippen molar-refractivity contribution in [1.29, 1.82) is 0 Å². The van der Waals surface area contributed by atoms with Crippen LogP contribution in [0, 0.1) is 0 Å². The molecular formula is C17H33N3O6S2. The lowest BCUT2D eigenvalue weighted by Crippen LogP contribution is -2.31. The third-order valence-electron chi connectivity index (χ3n) is 3.80. The van der Waals surface area contributed by atoms with Crippen molar-refractivity contribution in [2.75, 3.05) is 58.5 Å². The maximum atomic E-state index is 11.7. The average molecular weight is 440 g/mol. The Morgan fingerprint density at radius 1 is 0.964 bits per heavy atom. The number of carbonyl (C=O) groups excluding carboxylic acids is 2. The summed E-state index contributed by atoms with van der Waals surface area (Å²) in [5, 5.41) is 3.66. The quantitative estimate of drug-likeness (QED) is 0.102. The Labute approximate surface area is 174 Å². The molecule has 1 unspecified atom stereocenters. The van der Waals surface area contributed by atoms with Gasteiger partial charge >= 0.3 is 6.09 Å². The van der Waals surface area contributed by atoms with E-state index in [0.29, 0.717) is 46.0 Å². The first-order valence-corrected chi connectivity index (χ1v) is 12.0. The van der Waals surface area contributed by atoms with Gasteiger partial charge in [0.1, 0.15) is 6.61 Å². The number of rotatable bonds is 17. The largest absolute Gasteiger partial charge is 0.446 e. The molecule has 1 atom stereocenters. The summed E-state index contributed by atoms with van der Waals surface area (Å²) in [7, 11) is 3.96. The smallest absolute Gasteiger partial charge is 0.421 e. The van der Waals surface area contributed by atoms with Crippen LogP contribution in [-0.4, -0.2) is 75.8 Å². The molecule has 1 aliphatic heterocycles. The molecule has 1 fully saturated rings. The number of nitrogens with one attached hydrogen (secondary N) is 2. The number of hydrogen-bond acceptors (Lipinski definition) is 9. The highest BCUT2D eigenvalue weighted by Crippen LogP contribution is 2.39. The van der Waals surface area contributed by atoms with E-state index in [4.69, 9.17) is 20.1 Å². The van der Waals surface area contributed by atoms with Crippen LogP contribution < -0.4 is 16.6 Å². The van der Waals surface area contributed by atoms with Crippen molar-refractivity contribution in [3.05, 3.63) is 0 Å². The van der Waals surface area contributed by atoms with Gasteiger partial charge in [0.05, 0.1) is 39.6 Å². The minimum absolute atomic E-state index is 0.0957. The van der Waals surface area contributed by atoms with Crippen molar-refractivity contribution in [2.24, 2.45) is 5.84 Å². The molecule has 9 nitrogen and oxygen atoms in total. The molecule has 4 N–H and O–H groups in total. The molecule has 0 bridgehead atoms. The summed E-state index contributed by atoms with van der Waals surface area (Å²) >= 11 is 0. The Morgan fingerprint density at radius 3 is 2.29 bits per heavy atom. The normalized spacial score (nSPS) is 16.1. The summed E-state index contributed by atoms with van der Waals surface area (Å²) in [6.45, 7) is 3.18. The molecule has 0 aromatic heterocycles. The van der Waals surface area contributed by atoms with Gasteiger partial charge in [-0.2, -0.15) is 0 Å². The Morgan fingerprint density at radius 2 is 1.64 bits per heavy atom. The molecule has 11 heteroatoms. The molecular weight excluding hydrogens is 406 g/mol. The van der Waals surface area contributed by atoms with E-state index in [1.165, 1.54) is 18.6 Å². The molecule has 0 radical (unpaired) electrons. The highest BCUT2D eigenvalue weighted by atomic mass is 33.1. The van der Waals surface area contributed by atoms with Crippen LogP contribution >= 0.6 is 21.6 Å². The van der Waals surface area contributed by atoms with Gasteiger partial charge in [0.25, 0.3) is 0 Å². The van der Waals surface area contributed by atoms with Crippen LogP contribution in [-0.2, 0) is 23.7 Å². The number of hydrogen-bond donors (Lipinski definition) is 3. The molecule has 28 heavy (non-hydrogen) atoms. The fourth-order valence-corrected chi connectivity index (χ4v) is 5.38. The number of hydrazine groups is 1. The van der Waals surface area contributed by atoms with Gasteiger partial charge in [-0.3, -0.25) is 10.2 Å². The second-order valence-electron chi connectivity index (χ2n) is 6.04. The fourth-order valence-electron chi connectivity index (χ4n) is 2.35. The van der Waals surface area contributed by atoms with E-state index in [-0.39, 0.29) is 19.1 Å². The third-order valence-corrected chi connectivity index (χ3v) is 6.81. The van der Waals surface area contributed by atoms with Crippen LogP contribution in [0.5, 0.6) is 0 Å². The zero-order valence-corrected chi connectivity index (χ0v) is 18.0. The van der Waals surface area contributed by atoms with Crippen molar-refractivity contribution in [2.45, 2.75) is 37.4 Å². The summed E-state index contributed by atoms with van der Waals surface area (Å²) in [4.78, 5) is 22.4. The van der Waals surface area contributed by atoms with Crippen molar-refractivity contribution in [3.8, 4) is 0 Å². The second kappa shape index (κ2) is 18.3. The van der Waals surface area contributed by atoms with Gasteiger partial charge < -0.3 is 24.3 Å². The predicted octanol–water partition coefficient (Wildman–Crippen LogP) is 1.47. The van der Waals surface area contributed by atoms with Gasteiger partial charge in [-0.25, -0.2) is 10.6 Å². The minimum Gasteiger partial charge on any atom is -0.446 e. The van der Waals surface area contributed by atoms with Gasteiger partial charge in [-0.15, -0.1) is 0 Å². The molecule has 1 rings (SSSR count). The monoisotopic (exact) mass is 439 g/mol. The van der Waals surface area contributed by atoms with E-state index >= 15 is 0 Å². The van der Waals surface area contributed by atoms with E-state index in [1.54, 1.807) is 0 Å². The molecule has 0 aliphatic carbocycles. The lowest BCUT2D eigenvalue weighted by molar-refractivity contribution is -0.121. The van der Waals surface area contributed by atoms with Gasteiger partial charge in [0.15, 0.2) is 0 Å². The van der Waals surface area contributed by atoms with Crippen LogP contribution in [0.15, 0.2) is 0 Å². The Kier molecular flexibility index (Phi) is 16.6. The number of unbranched alkanes of at least 4 members (excludes halogenated alkanes) is 1. The number of ether oxygens (including phenoxy) is 4. The van der Waals surface area contributed by atoms with Crippen molar-refractivity contribution < 1.29 is 28.5 Å². The topological polar surface area (TPSA) is 121 Å². The SMILES string of the molecule is NNC(=O)OCCOCCOCCOCCNC(=O)CCCCC1CCSS1. The number of amides is 2. The molecule has 2 amide bonds. The minimum atomic E-state index is -0.689. The third kappa shape index (κ3) is 15.2. The zero-order chi connectivity index (χ0) is 20.3. The first-order chi connectivity index (χ1) is 13.7. The second-order valence-corrected chi connectivity index (χ2v) is 8.83. The lowest BCUT2D eigenvalue weighted by Gasteiger charge is -2.09. The van der Waals surface area contributed by atoms with E-state index < -0.39 is 6.09 Å². The van der Waals surface area contributed by atoms with Gasteiger partial charge in [0, 0.05) is 24.0 Å². The van der Waals surface area contributed by atoms with Crippen LogP contribution in [0.3, 0.4) is 0 Å². The molecule has 164 valence electrons. The van der Waals surface area contributed by atoms with Crippen LogP contribution in [0.1, 0.15) is 32.1 Å². The molecule has 0 saturated carbocycles. The van der Waals surface area contributed by atoms with E-state index in [0.717, 1.165) is 18.1 Å². The zero-order valence-electron chi connectivity index (χ0n) is 16.3. The highest BCUT2D eigenvalue weighted by Gasteiger charge is 2.15. The first kappa shape index (κ1) is 25.3. The van der Waals surface area contributed by atoms with Crippen molar-refractivity contribution >= 4 is 33.6 Å². The van der Waals surface area contributed by atoms with Gasteiger partial charge in [-0.05, 0) is 19.3 Å². The Balaban J connectivity index is 1.73. The summed E-state index contributed by atoms with van der Waals surface area (Å²) in [6, 6.07) is 0. The highest BCUT2D eigenvalue weighted by molar-refractivity contribution is 8.77. The molecule has 1 aliphatic rings.